The number of rotatable bonds is 5. The Balaban J connectivity index is 1.35. The van der Waals surface area contributed by atoms with Gasteiger partial charge in [-0.2, -0.15) is 0 Å². The summed E-state index contributed by atoms with van der Waals surface area (Å²) in [7, 11) is 1.68. The summed E-state index contributed by atoms with van der Waals surface area (Å²) in [6, 6.07) is 19.2. The lowest BCUT2D eigenvalue weighted by atomic mass is 10.1. The van der Waals surface area contributed by atoms with Crippen LogP contribution in [0.3, 0.4) is 0 Å². The van der Waals surface area contributed by atoms with Gasteiger partial charge in [0, 0.05) is 19.2 Å². The van der Waals surface area contributed by atoms with Crippen LogP contribution in [0.4, 0.5) is 10.1 Å². The second-order valence-corrected chi connectivity index (χ2v) is 7.65. The van der Waals surface area contributed by atoms with E-state index in [0.29, 0.717) is 29.0 Å². The van der Waals surface area contributed by atoms with E-state index in [4.69, 9.17) is 0 Å². The van der Waals surface area contributed by atoms with E-state index in [9.17, 15) is 14.0 Å². The summed E-state index contributed by atoms with van der Waals surface area (Å²) in [5.74, 6) is 0.0503. The normalized spacial score (nSPS) is 11.3. The van der Waals surface area contributed by atoms with Crippen LogP contribution in [0, 0.1) is 5.82 Å². The fraction of sp³-hybridized carbons (Fsp3) is 0.125. The van der Waals surface area contributed by atoms with Gasteiger partial charge in [0.05, 0.1) is 22.1 Å². The van der Waals surface area contributed by atoms with Crippen LogP contribution >= 0.6 is 0 Å². The first-order chi connectivity index (χ1) is 15.5. The molecule has 0 aliphatic carbocycles. The molecule has 2 heterocycles. The van der Waals surface area contributed by atoms with Crippen LogP contribution in [0.1, 0.15) is 11.4 Å². The minimum Gasteiger partial charge on any atom is -0.342 e. The van der Waals surface area contributed by atoms with Crippen molar-refractivity contribution >= 4 is 33.7 Å². The van der Waals surface area contributed by atoms with Gasteiger partial charge in [-0.3, -0.25) is 13.9 Å². The van der Waals surface area contributed by atoms with Crippen LogP contribution in [-0.4, -0.2) is 25.0 Å². The molecule has 0 saturated carbocycles. The van der Waals surface area contributed by atoms with Crippen molar-refractivity contribution in [2.24, 2.45) is 7.05 Å². The van der Waals surface area contributed by atoms with Crippen LogP contribution in [0.15, 0.2) is 71.5 Å². The van der Waals surface area contributed by atoms with Crippen LogP contribution in [-0.2, 0) is 24.8 Å². The van der Waals surface area contributed by atoms with Crippen molar-refractivity contribution in [3.8, 4) is 0 Å². The molecule has 0 radical (unpaired) electrons. The zero-order valence-electron chi connectivity index (χ0n) is 17.3. The third kappa shape index (κ3) is 3.56. The Morgan fingerprint density at radius 1 is 1.06 bits per heavy atom. The zero-order valence-corrected chi connectivity index (χ0v) is 17.3. The average molecular weight is 429 g/mol. The summed E-state index contributed by atoms with van der Waals surface area (Å²) in [6.07, 6.45) is 0.340. The quantitative estimate of drug-likeness (QED) is 0.448. The van der Waals surface area contributed by atoms with Crippen molar-refractivity contribution in [1.82, 2.24) is 19.1 Å². The molecule has 1 amide bonds. The molecule has 160 valence electrons. The van der Waals surface area contributed by atoms with E-state index in [1.165, 1.54) is 15.2 Å². The van der Waals surface area contributed by atoms with Gasteiger partial charge in [-0.1, -0.05) is 30.3 Å². The predicted octanol–water partition coefficient (Wildman–Crippen LogP) is 3.58. The van der Waals surface area contributed by atoms with E-state index >= 15 is 0 Å². The van der Waals surface area contributed by atoms with Gasteiger partial charge < -0.3 is 10.3 Å². The highest BCUT2D eigenvalue weighted by Crippen LogP contribution is 2.20. The molecule has 5 rings (SSSR count). The van der Waals surface area contributed by atoms with Crippen LogP contribution in [0.5, 0.6) is 0 Å². The molecule has 0 atom stereocenters. The Bertz CT molecular complexity index is 1530. The Morgan fingerprint density at radius 2 is 1.81 bits per heavy atom. The summed E-state index contributed by atoms with van der Waals surface area (Å²) in [5, 5.41) is 2.84. The predicted molar refractivity (Wildman–Crippen MR) is 121 cm³/mol. The minimum absolute atomic E-state index is 0.0975. The average Bonchev–Trinajstić information content (AvgIpc) is 3.29. The lowest BCUT2D eigenvalue weighted by molar-refractivity contribution is -0.116. The number of fused-ring (bicyclic) bond motifs is 2. The van der Waals surface area contributed by atoms with Gasteiger partial charge in [0.15, 0.2) is 0 Å². The summed E-state index contributed by atoms with van der Waals surface area (Å²) in [4.78, 5) is 32.9. The number of anilines is 1. The van der Waals surface area contributed by atoms with Crippen molar-refractivity contribution in [2.75, 3.05) is 5.32 Å². The Kier molecular flexibility index (Phi) is 4.82. The first-order valence-corrected chi connectivity index (χ1v) is 10.2. The van der Waals surface area contributed by atoms with Gasteiger partial charge in [0.1, 0.15) is 18.2 Å². The van der Waals surface area contributed by atoms with Crippen molar-refractivity contribution in [1.29, 1.82) is 0 Å². The molecule has 2 aromatic heterocycles. The highest BCUT2D eigenvalue weighted by molar-refractivity contribution is 5.93. The molecular formula is C24H20FN5O2. The van der Waals surface area contributed by atoms with E-state index in [-0.39, 0.29) is 24.0 Å². The first kappa shape index (κ1) is 19.7. The highest BCUT2D eigenvalue weighted by atomic mass is 19.1. The number of amides is 1. The molecule has 32 heavy (non-hydrogen) atoms. The number of halogens is 1. The van der Waals surface area contributed by atoms with Gasteiger partial charge in [0.25, 0.3) is 0 Å². The SMILES string of the molecule is Cn1c(=O)n(CC(=O)Nc2ccc3nc(Cc4ccccc4F)[nH]c3c2)c2ccccc21. The standard InChI is InChI=1S/C24H20FN5O2/c1-29-20-8-4-5-9-21(20)30(24(29)32)14-23(31)26-16-10-11-18-19(13-16)28-22(27-18)12-15-6-2-3-7-17(15)25/h2-11,13H,12,14H2,1H3,(H,26,31)(H,27,28). The first-order valence-electron chi connectivity index (χ1n) is 10.2. The number of imidazole rings is 2. The number of carbonyl (C=O) groups is 1. The van der Waals surface area contributed by atoms with Gasteiger partial charge in [-0.15, -0.1) is 0 Å². The fourth-order valence-electron chi connectivity index (χ4n) is 3.91. The van der Waals surface area contributed by atoms with Crippen LogP contribution in [0.2, 0.25) is 0 Å². The molecule has 0 bridgehead atoms. The van der Waals surface area contributed by atoms with Crippen LogP contribution < -0.4 is 11.0 Å². The molecule has 7 nitrogen and oxygen atoms in total. The highest BCUT2D eigenvalue weighted by Gasteiger charge is 2.14. The van der Waals surface area contributed by atoms with Crippen LogP contribution in [0.25, 0.3) is 22.1 Å². The number of benzene rings is 3. The van der Waals surface area contributed by atoms with Crippen molar-refractivity contribution in [3.63, 3.8) is 0 Å². The van der Waals surface area contributed by atoms with Gasteiger partial charge in [-0.05, 0) is 42.0 Å². The van der Waals surface area contributed by atoms with E-state index < -0.39 is 0 Å². The van der Waals surface area contributed by atoms with Crippen molar-refractivity contribution in [3.05, 3.63) is 94.4 Å². The minimum atomic E-state index is -0.311. The van der Waals surface area contributed by atoms with Crippen molar-refractivity contribution < 1.29 is 9.18 Å². The molecule has 0 saturated heterocycles. The number of aromatic amines is 1. The molecule has 0 unspecified atom stereocenters. The Morgan fingerprint density at radius 3 is 2.62 bits per heavy atom. The lowest BCUT2D eigenvalue weighted by Crippen LogP contribution is -2.28. The number of para-hydroxylation sites is 2. The molecule has 8 heteroatoms. The van der Waals surface area contributed by atoms with E-state index in [1.807, 2.05) is 24.3 Å². The number of hydrogen-bond donors (Lipinski definition) is 2. The number of nitrogens with zero attached hydrogens (tertiary/aromatic N) is 3. The second kappa shape index (κ2) is 7.81. The summed E-state index contributed by atoms with van der Waals surface area (Å²) >= 11 is 0. The summed E-state index contributed by atoms with van der Waals surface area (Å²) in [5.41, 5.74) is 3.82. The fourth-order valence-corrected chi connectivity index (χ4v) is 3.91. The maximum Gasteiger partial charge on any atom is 0.329 e. The molecule has 0 spiro atoms. The number of carbonyl (C=O) groups excluding carboxylic acids is 1. The molecule has 5 aromatic rings. The molecule has 3 aromatic carbocycles. The van der Waals surface area contributed by atoms with Gasteiger partial charge in [0.2, 0.25) is 5.91 Å². The number of nitrogens with one attached hydrogen (secondary N) is 2. The van der Waals surface area contributed by atoms with E-state index in [2.05, 4.69) is 15.3 Å². The number of H-pyrrole nitrogens is 1. The summed E-state index contributed by atoms with van der Waals surface area (Å²) in [6.45, 7) is -0.0975. The number of aryl methyl sites for hydroxylation is 1. The largest absolute Gasteiger partial charge is 0.342 e. The smallest absolute Gasteiger partial charge is 0.329 e. The lowest BCUT2D eigenvalue weighted by Gasteiger charge is -2.06. The maximum atomic E-state index is 13.9. The number of aromatic nitrogens is 4. The molecule has 0 aliphatic rings. The van der Waals surface area contributed by atoms with E-state index in [0.717, 1.165) is 16.6 Å². The topological polar surface area (TPSA) is 84.7 Å². The van der Waals surface area contributed by atoms with Crippen molar-refractivity contribution in [2.45, 2.75) is 13.0 Å². The Hall–Kier alpha value is -4.20. The monoisotopic (exact) mass is 429 g/mol. The van der Waals surface area contributed by atoms with E-state index in [1.54, 1.807) is 43.4 Å². The Labute approximate surface area is 182 Å². The number of hydrogen-bond acceptors (Lipinski definition) is 3. The zero-order chi connectivity index (χ0) is 22.2. The van der Waals surface area contributed by atoms with Gasteiger partial charge in [-0.25, -0.2) is 14.2 Å². The molecular weight excluding hydrogens is 409 g/mol. The molecule has 2 N–H and O–H groups in total. The van der Waals surface area contributed by atoms with Gasteiger partial charge >= 0.3 is 5.69 Å². The third-order valence-electron chi connectivity index (χ3n) is 5.48. The second-order valence-electron chi connectivity index (χ2n) is 7.65. The maximum absolute atomic E-state index is 13.9. The third-order valence-corrected chi connectivity index (χ3v) is 5.48. The molecule has 0 fully saturated rings. The summed E-state index contributed by atoms with van der Waals surface area (Å²) < 4.78 is 16.9. The molecule has 0 aliphatic heterocycles.